The SMILES string of the molecule is COc1ccc(OCCSC)c(CO)c1. The zero-order valence-electron chi connectivity index (χ0n) is 9.03. The summed E-state index contributed by atoms with van der Waals surface area (Å²) < 4.78 is 10.6. The largest absolute Gasteiger partial charge is 0.497 e. The fourth-order valence-corrected chi connectivity index (χ4v) is 1.43. The molecular weight excluding hydrogens is 212 g/mol. The fraction of sp³-hybridized carbons (Fsp3) is 0.455. The minimum atomic E-state index is -0.0359. The molecule has 0 heterocycles. The number of aliphatic hydroxyl groups excluding tert-OH is 1. The van der Waals surface area contributed by atoms with Gasteiger partial charge < -0.3 is 14.6 Å². The molecule has 0 radical (unpaired) electrons. The lowest BCUT2D eigenvalue weighted by Gasteiger charge is -2.10. The van der Waals surface area contributed by atoms with Crippen LogP contribution in [0.25, 0.3) is 0 Å². The minimum Gasteiger partial charge on any atom is -0.497 e. The summed E-state index contributed by atoms with van der Waals surface area (Å²) in [5.41, 5.74) is 0.760. The molecule has 0 aromatic heterocycles. The molecule has 1 aromatic carbocycles. The van der Waals surface area contributed by atoms with Gasteiger partial charge in [-0.3, -0.25) is 0 Å². The summed E-state index contributed by atoms with van der Waals surface area (Å²) in [5, 5.41) is 9.15. The Labute approximate surface area is 94.4 Å². The summed E-state index contributed by atoms with van der Waals surface area (Å²) in [4.78, 5) is 0. The second-order valence-corrected chi connectivity index (χ2v) is 3.96. The molecule has 0 aliphatic rings. The third kappa shape index (κ3) is 3.64. The molecule has 0 saturated carbocycles. The molecule has 0 amide bonds. The Balaban J connectivity index is 2.69. The normalized spacial score (nSPS) is 10.1. The van der Waals surface area contributed by atoms with E-state index in [4.69, 9.17) is 14.6 Å². The molecule has 0 spiro atoms. The van der Waals surface area contributed by atoms with E-state index < -0.39 is 0 Å². The van der Waals surface area contributed by atoms with Crippen LogP contribution in [0.3, 0.4) is 0 Å². The van der Waals surface area contributed by atoms with Gasteiger partial charge in [0.05, 0.1) is 20.3 Å². The number of ether oxygens (including phenoxy) is 2. The number of rotatable bonds is 6. The molecular formula is C11H16O3S. The van der Waals surface area contributed by atoms with Crippen LogP contribution >= 0.6 is 11.8 Å². The average Bonchev–Trinajstić information content (AvgIpc) is 2.29. The molecule has 0 bridgehead atoms. The van der Waals surface area contributed by atoms with Crippen molar-refractivity contribution in [1.82, 2.24) is 0 Å². The monoisotopic (exact) mass is 228 g/mol. The van der Waals surface area contributed by atoms with Crippen molar-refractivity contribution in [3.63, 3.8) is 0 Å². The van der Waals surface area contributed by atoms with Gasteiger partial charge in [-0.25, -0.2) is 0 Å². The van der Waals surface area contributed by atoms with Crippen LogP contribution in [-0.2, 0) is 6.61 Å². The van der Waals surface area contributed by atoms with Crippen LogP contribution in [0.5, 0.6) is 11.5 Å². The van der Waals surface area contributed by atoms with E-state index in [1.165, 1.54) is 0 Å². The van der Waals surface area contributed by atoms with Gasteiger partial charge in [0.25, 0.3) is 0 Å². The van der Waals surface area contributed by atoms with Crippen LogP contribution in [0.1, 0.15) is 5.56 Å². The van der Waals surface area contributed by atoms with Crippen molar-refractivity contribution in [2.45, 2.75) is 6.61 Å². The second-order valence-electron chi connectivity index (χ2n) is 2.97. The van der Waals surface area contributed by atoms with Gasteiger partial charge in [-0.05, 0) is 24.5 Å². The number of benzene rings is 1. The highest BCUT2D eigenvalue weighted by Crippen LogP contribution is 2.24. The summed E-state index contributed by atoms with van der Waals surface area (Å²) in [7, 11) is 1.60. The molecule has 0 unspecified atom stereocenters. The maximum atomic E-state index is 9.15. The molecule has 0 aliphatic heterocycles. The van der Waals surface area contributed by atoms with Gasteiger partial charge in [-0.15, -0.1) is 0 Å². The Kier molecular flexibility index (Phi) is 5.36. The molecule has 3 nitrogen and oxygen atoms in total. The Morgan fingerprint density at radius 1 is 1.40 bits per heavy atom. The predicted octanol–water partition coefficient (Wildman–Crippen LogP) is 1.93. The lowest BCUT2D eigenvalue weighted by molar-refractivity contribution is 0.266. The zero-order chi connectivity index (χ0) is 11.1. The predicted molar refractivity (Wildman–Crippen MR) is 62.8 cm³/mol. The van der Waals surface area contributed by atoms with Crippen molar-refractivity contribution >= 4 is 11.8 Å². The van der Waals surface area contributed by atoms with Crippen molar-refractivity contribution in [2.75, 3.05) is 25.7 Å². The van der Waals surface area contributed by atoms with Crippen molar-refractivity contribution in [1.29, 1.82) is 0 Å². The molecule has 1 N–H and O–H groups in total. The molecule has 1 aromatic rings. The first-order valence-corrected chi connectivity index (χ1v) is 6.10. The molecule has 4 heteroatoms. The Bertz CT molecular complexity index is 302. The Morgan fingerprint density at radius 3 is 2.80 bits per heavy atom. The van der Waals surface area contributed by atoms with E-state index in [9.17, 15) is 0 Å². The highest BCUT2D eigenvalue weighted by Gasteiger charge is 2.04. The average molecular weight is 228 g/mol. The summed E-state index contributed by atoms with van der Waals surface area (Å²) in [5.74, 6) is 2.40. The molecule has 84 valence electrons. The van der Waals surface area contributed by atoms with Gasteiger partial charge in [0.2, 0.25) is 0 Å². The summed E-state index contributed by atoms with van der Waals surface area (Å²) in [6.45, 7) is 0.617. The first kappa shape index (κ1) is 12.2. The second kappa shape index (κ2) is 6.58. The van der Waals surface area contributed by atoms with Crippen molar-refractivity contribution in [3.8, 4) is 11.5 Å². The Hall–Kier alpha value is -0.870. The summed E-state index contributed by atoms with van der Waals surface area (Å²) >= 11 is 1.73. The quantitative estimate of drug-likeness (QED) is 0.755. The van der Waals surface area contributed by atoms with E-state index in [2.05, 4.69) is 0 Å². The first-order chi connectivity index (χ1) is 7.31. The highest BCUT2D eigenvalue weighted by molar-refractivity contribution is 7.98. The summed E-state index contributed by atoms with van der Waals surface area (Å²) in [6.07, 6.45) is 2.03. The highest BCUT2D eigenvalue weighted by atomic mass is 32.2. The number of hydrogen-bond donors (Lipinski definition) is 1. The van der Waals surface area contributed by atoms with Gasteiger partial charge in [-0.1, -0.05) is 0 Å². The number of methoxy groups -OCH3 is 1. The lowest BCUT2D eigenvalue weighted by atomic mass is 10.2. The van der Waals surface area contributed by atoms with Gasteiger partial charge in [0.1, 0.15) is 11.5 Å². The van der Waals surface area contributed by atoms with E-state index in [-0.39, 0.29) is 6.61 Å². The molecule has 0 atom stereocenters. The smallest absolute Gasteiger partial charge is 0.125 e. The maximum absolute atomic E-state index is 9.15. The van der Waals surface area contributed by atoms with Gasteiger partial charge >= 0.3 is 0 Å². The van der Waals surface area contributed by atoms with E-state index in [1.807, 2.05) is 18.4 Å². The minimum absolute atomic E-state index is 0.0359. The van der Waals surface area contributed by atoms with Crippen molar-refractivity contribution in [3.05, 3.63) is 23.8 Å². The number of hydrogen-bond acceptors (Lipinski definition) is 4. The zero-order valence-corrected chi connectivity index (χ0v) is 9.84. The number of thioether (sulfide) groups is 1. The van der Waals surface area contributed by atoms with Crippen LogP contribution < -0.4 is 9.47 Å². The first-order valence-electron chi connectivity index (χ1n) is 4.71. The van der Waals surface area contributed by atoms with Crippen LogP contribution in [0.4, 0.5) is 0 Å². The van der Waals surface area contributed by atoms with Crippen LogP contribution in [0, 0.1) is 0 Å². The van der Waals surface area contributed by atoms with Gasteiger partial charge in [0, 0.05) is 11.3 Å². The van der Waals surface area contributed by atoms with Crippen LogP contribution in [-0.4, -0.2) is 30.8 Å². The Morgan fingerprint density at radius 2 is 2.20 bits per heavy atom. The van der Waals surface area contributed by atoms with E-state index >= 15 is 0 Å². The third-order valence-corrected chi connectivity index (χ3v) is 2.56. The maximum Gasteiger partial charge on any atom is 0.125 e. The van der Waals surface area contributed by atoms with Crippen molar-refractivity contribution < 1.29 is 14.6 Å². The van der Waals surface area contributed by atoms with Gasteiger partial charge in [0.15, 0.2) is 0 Å². The van der Waals surface area contributed by atoms with E-state index in [0.29, 0.717) is 6.61 Å². The fourth-order valence-electron chi connectivity index (χ4n) is 1.18. The molecule has 1 rings (SSSR count). The molecule has 0 aliphatic carbocycles. The van der Waals surface area contributed by atoms with E-state index in [0.717, 1.165) is 22.8 Å². The van der Waals surface area contributed by atoms with Gasteiger partial charge in [-0.2, -0.15) is 11.8 Å². The van der Waals surface area contributed by atoms with Crippen LogP contribution in [0.2, 0.25) is 0 Å². The van der Waals surface area contributed by atoms with E-state index in [1.54, 1.807) is 24.9 Å². The standard InChI is InChI=1S/C11H16O3S/c1-13-10-3-4-11(9(7-10)8-12)14-5-6-15-2/h3-4,7,12H,5-6,8H2,1-2H3. The third-order valence-electron chi connectivity index (χ3n) is 1.98. The topological polar surface area (TPSA) is 38.7 Å². The molecule has 15 heavy (non-hydrogen) atoms. The lowest BCUT2D eigenvalue weighted by Crippen LogP contribution is -2.02. The van der Waals surface area contributed by atoms with Crippen molar-refractivity contribution in [2.24, 2.45) is 0 Å². The molecule has 0 fully saturated rings. The van der Waals surface area contributed by atoms with Crippen LogP contribution in [0.15, 0.2) is 18.2 Å². The number of aliphatic hydroxyl groups is 1. The summed E-state index contributed by atoms with van der Waals surface area (Å²) in [6, 6.07) is 5.44. The molecule has 0 saturated heterocycles.